The quantitative estimate of drug-likeness (QED) is 0.835. The largest absolute Gasteiger partial charge is 0.375 e. The van der Waals surface area contributed by atoms with Gasteiger partial charge in [0.2, 0.25) is 5.91 Å². The number of aromatic nitrogens is 1. The van der Waals surface area contributed by atoms with E-state index in [9.17, 15) is 4.79 Å². The highest BCUT2D eigenvalue weighted by Crippen LogP contribution is 2.12. The number of benzene rings is 1. The van der Waals surface area contributed by atoms with Gasteiger partial charge in [0.25, 0.3) is 0 Å². The Morgan fingerprint density at radius 2 is 2.25 bits per heavy atom. The second kappa shape index (κ2) is 8.92. The van der Waals surface area contributed by atoms with Gasteiger partial charge in [-0.05, 0) is 5.56 Å². The first-order chi connectivity index (χ1) is 11.8. The summed E-state index contributed by atoms with van der Waals surface area (Å²) in [6, 6.07) is 10.4. The Morgan fingerprint density at radius 3 is 3.04 bits per heavy atom. The number of hydrogen-bond donors (Lipinski definition) is 1. The molecule has 1 aliphatic heterocycles. The zero-order valence-corrected chi connectivity index (χ0v) is 14.5. The van der Waals surface area contributed by atoms with Gasteiger partial charge < -0.3 is 10.1 Å². The van der Waals surface area contributed by atoms with Gasteiger partial charge in [0.15, 0.2) is 0 Å². The number of carbonyl (C=O) groups excluding carboxylic acids is 1. The number of hydrogen-bond acceptors (Lipinski definition) is 5. The number of carbonyl (C=O) groups is 1. The Bertz CT molecular complexity index is 618. The van der Waals surface area contributed by atoms with Crippen LogP contribution in [0.15, 0.2) is 41.2 Å². The number of rotatable bonds is 7. The van der Waals surface area contributed by atoms with E-state index in [0.717, 1.165) is 31.7 Å². The fourth-order valence-electron chi connectivity index (χ4n) is 2.86. The molecule has 128 valence electrons. The SMILES string of the molecule is O=C(CC1CN(Cc2ccccc2)CCO1)NCCc1cscn1. The zero-order chi connectivity index (χ0) is 16.6. The summed E-state index contributed by atoms with van der Waals surface area (Å²) in [7, 11) is 0. The predicted molar refractivity (Wildman–Crippen MR) is 94.9 cm³/mol. The summed E-state index contributed by atoms with van der Waals surface area (Å²) in [4.78, 5) is 18.6. The minimum absolute atomic E-state index is 0.0262. The molecule has 0 bridgehead atoms. The summed E-state index contributed by atoms with van der Waals surface area (Å²) in [6.07, 6.45) is 1.17. The van der Waals surface area contributed by atoms with E-state index >= 15 is 0 Å². The fourth-order valence-corrected chi connectivity index (χ4v) is 3.45. The number of morpholine rings is 1. The van der Waals surface area contributed by atoms with Crippen LogP contribution in [0.25, 0.3) is 0 Å². The third-order valence-corrected chi connectivity index (χ3v) is 4.71. The summed E-state index contributed by atoms with van der Waals surface area (Å²) >= 11 is 1.58. The molecule has 1 unspecified atom stereocenters. The molecule has 1 aromatic carbocycles. The van der Waals surface area contributed by atoms with E-state index in [1.54, 1.807) is 11.3 Å². The highest BCUT2D eigenvalue weighted by molar-refractivity contribution is 7.07. The molecule has 0 saturated carbocycles. The van der Waals surface area contributed by atoms with Crippen molar-refractivity contribution < 1.29 is 9.53 Å². The molecule has 1 saturated heterocycles. The molecule has 6 heteroatoms. The molecule has 5 nitrogen and oxygen atoms in total. The van der Waals surface area contributed by atoms with Gasteiger partial charge in [0, 0.05) is 38.0 Å². The minimum Gasteiger partial charge on any atom is -0.375 e. The molecule has 0 aliphatic carbocycles. The van der Waals surface area contributed by atoms with Crippen molar-refractivity contribution in [3.63, 3.8) is 0 Å². The first-order valence-electron chi connectivity index (χ1n) is 8.31. The van der Waals surface area contributed by atoms with Crippen LogP contribution in [0.5, 0.6) is 0 Å². The topological polar surface area (TPSA) is 54.5 Å². The average molecular weight is 345 g/mol. The van der Waals surface area contributed by atoms with Crippen LogP contribution in [0.1, 0.15) is 17.7 Å². The molecule has 24 heavy (non-hydrogen) atoms. The monoisotopic (exact) mass is 345 g/mol. The molecule has 1 atom stereocenters. The maximum atomic E-state index is 12.1. The molecule has 1 aliphatic rings. The molecule has 0 radical (unpaired) electrons. The van der Waals surface area contributed by atoms with E-state index in [0.29, 0.717) is 19.6 Å². The van der Waals surface area contributed by atoms with Crippen LogP contribution in [0.2, 0.25) is 0 Å². The molecule has 1 fully saturated rings. The van der Waals surface area contributed by atoms with Gasteiger partial charge in [0.1, 0.15) is 0 Å². The summed E-state index contributed by atoms with van der Waals surface area (Å²) in [5.41, 5.74) is 4.14. The Hall–Kier alpha value is -1.76. The van der Waals surface area contributed by atoms with Gasteiger partial charge in [-0.3, -0.25) is 9.69 Å². The van der Waals surface area contributed by atoms with Gasteiger partial charge in [-0.15, -0.1) is 11.3 Å². The Labute approximate surface area is 146 Å². The second-order valence-electron chi connectivity index (χ2n) is 6.00. The Morgan fingerprint density at radius 1 is 1.38 bits per heavy atom. The van der Waals surface area contributed by atoms with E-state index in [2.05, 4.69) is 39.5 Å². The van der Waals surface area contributed by atoms with E-state index < -0.39 is 0 Å². The molecule has 2 aromatic rings. The van der Waals surface area contributed by atoms with Gasteiger partial charge in [0.05, 0.1) is 30.3 Å². The molecular weight excluding hydrogens is 322 g/mol. The standard InChI is InChI=1S/C18H23N3O2S/c22-18(19-7-6-16-13-24-14-20-16)10-17-12-21(8-9-23-17)11-15-4-2-1-3-5-15/h1-5,13-14,17H,6-12H2,(H,19,22). The number of thiazole rings is 1. The van der Waals surface area contributed by atoms with Crippen molar-refractivity contribution in [3.05, 3.63) is 52.5 Å². The van der Waals surface area contributed by atoms with Gasteiger partial charge >= 0.3 is 0 Å². The van der Waals surface area contributed by atoms with E-state index in [1.165, 1.54) is 5.56 Å². The van der Waals surface area contributed by atoms with E-state index in [-0.39, 0.29) is 12.0 Å². The highest BCUT2D eigenvalue weighted by Gasteiger charge is 2.22. The van der Waals surface area contributed by atoms with Crippen LogP contribution in [0.4, 0.5) is 0 Å². The van der Waals surface area contributed by atoms with E-state index in [1.807, 2.05) is 17.0 Å². The number of nitrogens with one attached hydrogen (secondary N) is 1. The van der Waals surface area contributed by atoms with Crippen molar-refractivity contribution in [2.24, 2.45) is 0 Å². The van der Waals surface area contributed by atoms with Crippen LogP contribution in [0, 0.1) is 0 Å². The minimum atomic E-state index is -0.0262. The molecule has 1 aromatic heterocycles. The molecular formula is C18H23N3O2S. The lowest BCUT2D eigenvalue weighted by Crippen LogP contribution is -2.44. The van der Waals surface area contributed by atoms with Crippen LogP contribution in [0.3, 0.4) is 0 Å². The van der Waals surface area contributed by atoms with Crippen molar-refractivity contribution >= 4 is 17.2 Å². The maximum absolute atomic E-state index is 12.1. The van der Waals surface area contributed by atoms with Crippen molar-refractivity contribution in [2.45, 2.75) is 25.5 Å². The number of amides is 1. The van der Waals surface area contributed by atoms with Gasteiger partial charge in [-0.2, -0.15) is 0 Å². The molecule has 0 spiro atoms. The third kappa shape index (κ3) is 5.40. The second-order valence-corrected chi connectivity index (χ2v) is 6.72. The molecule has 1 N–H and O–H groups in total. The normalized spacial score (nSPS) is 18.4. The van der Waals surface area contributed by atoms with E-state index in [4.69, 9.17) is 4.74 Å². The first kappa shape index (κ1) is 17.1. The lowest BCUT2D eigenvalue weighted by Gasteiger charge is -2.32. The lowest BCUT2D eigenvalue weighted by atomic mass is 10.1. The highest BCUT2D eigenvalue weighted by atomic mass is 32.1. The van der Waals surface area contributed by atoms with Crippen LogP contribution in [-0.2, 0) is 22.5 Å². The molecule has 2 heterocycles. The van der Waals surface area contributed by atoms with Crippen LogP contribution >= 0.6 is 11.3 Å². The Kier molecular flexibility index (Phi) is 6.34. The third-order valence-electron chi connectivity index (χ3n) is 4.07. The summed E-state index contributed by atoms with van der Waals surface area (Å²) in [5.74, 6) is 0.0526. The van der Waals surface area contributed by atoms with Gasteiger partial charge in [-0.25, -0.2) is 4.98 Å². The summed E-state index contributed by atoms with van der Waals surface area (Å²) in [5, 5.41) is 4.97. The summed E-state index contributed by atoms with van der Waals surface area (Å²) in [6.45, 7) is 3.93. The van der Waals surface area contributed by atoms with Crippen LogP contribution in [-0.4, -0.2) is 48.1 Å². The predicted octanol–water partition coefficient (Wildman–Crippen LogP) is 2.09. The number of ether oxygens (including phenoxy) is 1. The molecule has 1 amide bonds. The smallest absolute Gasteiger partial charge is 0.222 e. The maximum Gasteiger partial charge on any atom is 0.222 e. The van der Waals surface area contributed by atoms with Crippen molar-refractivity contribution in [1.29, 1.82) is 0 Å². The van der Waals surface area contributed by atoms with Gasteiger partial charge in [-0.1, -0.05) is 30.3 Å². The average Bonchev–Trinajstić information content (AvgIpc) is 3.09. The molecule has 3 rings (SSSR count). The van der Waals surface area contributed by atoms with Crippen molar-refractivity contribution in [3.8, 4) is 0 Å². The first-order valence-corrected chi connectivity index (χ1v) is 9.25. The van der Waals surface area contributed by atoms with Crippen LogP contribution < -0.4 is 5.32 Å². The number of nitrogens with zero attached hydrogens (tertiary/aromatic N) is 2. The van der Waals surface area contributed by atoms with Crippen molar-refractivity contribution in [1.82, 2.24) is 15.2 Å². The Balaban J connectivity index is 1.39. The summed E-state index contributed by atoms with van der Waals surface area (Å²) < 4.78 is 5.76. The van der Waals surface area contributed by atoms with Crippen molar-refractivity contribution in [2.75, 3.05) is 26.2 Å². The fraction of sp³-hybridized carbons (Fsp3) is 0.444. The lowest BCUT2D eigenvalue weighted by molar-refractivity contribution is -0.126. The zero-order valence-electron chi connectivity index (χ0n) is 13.7.